The second-order valence-electron chi connectivity index (χ2n) is 6.58. The van der Waals surface area contributed by atoms with Gasteiger partial charge in [0, 0.05) is 19.2 Å². The molecule has 0 radical (unpaired) electrons. The van der Waals surface area contributed by atoms with Crippen LogP contribution in [0.5, 0.6) is 0 Å². The van der Waals surface area contributed by atoms with Crippen molar-refractivity contribution in [2.24, 2.45) is 0 Å². The molecular weight excluding hydrogens is 314 g/mol. The first kappa shape index (κ1) is 14.3. The van der Waals surface area contributed by atoms with E-state index in [1.807, 2.05) is 4.90 Å². The smallest absolute Gasteiger partial charge is 0.228 e. The molecule has 3 aliphatic heterocycles. The molecule has 0 spiro atoms. The van der Waals surface area contributed by atoms with Crippen LogP contribution in [0.15, 0.2) is 11.8 Å². The van der Waals surface area contributed by atoms with Gasteiger partial charge in [-0.2, -0.15) is 0 Å². The monoisotopic (exact) mass is 331 g/mol. The standard InChI is InChI=1S/C16H17N3O5/c20-9-5-8(18-3-1-2-4-18)14(22)13-12(9)17-11-7-23-15-10(21)6-24-16(15)19(11)13/h5,10,15-16,21H,1-4,6-7H2/t10-,15-,16+/m1/s1. The number of nitrogens with zero attached hydrogens (tertiary/aromatic N) is 3. The molecule has 1 aromatic heterocycles. The second-order valence-corrected chi connectivity index (χ2v) is 6.58. The van der Waals surface area contributed by atoms with Crippen molar-refractivity contribution < 1.29 is 24.2 Å². The number of Topliss-reactive ketones (excluding diaryl/α,β-unsaturated/α-hetero) is 1. The number of carbonyl (C=O) groups is 2. The highest BCUT2D eigenvalue weighted by atomic mass is 16.6. The van der Waals surface area contributed by atoms with Crippen LogP contribution in [0.25, 0.3) is 0 Å². The van der Waals surface area contributed by atoms with Crippen LogP contribution in [0, 0.1) is 0 Å². The Morgan fingerprint density at radius 3 is 2.79 bits per heavy atom. The minimum Gasteiger partial charge on any atom is -0.388 e. The van der Waals surface area contributed by atoms with Crippen molar-refractivity contribution in [3.63, 3.8) is 0 Å². The average molecular weight is 331 g/mol. The number of allylic oxidation sites excluding steroid dienone is 2. The normalized spacial score (nSPS) is 31.8. The molecule has 8 heteroatoms. The fraction of sp³-hybridized carbons (Fsp3) is 0.562. The molecule has 0 bridgehead atoms. The van der Waals surface area contributed by atoms with Crippen molar-refractivity contribution >= 4 is 11.6 Å². The van der Waals surface area contributed by atoms with E-state index in [1.165, 1.54) is 6.08 Å². The van der Waals surface area contributed by atoms with Crippen molar-refractivity contribution in [2.75, 3.05) is 19.7 Å². The number of ketones is 2. The Morgan fingerprint density at radius 2 is 2.00 bits per heavy atom. The molecule has 0 aromatic carbocycles. The SMILES string of the molecule is O=C1C=C(N2CCCC2)C(=O)c2c1nc1n2[C@H]2OC[C@@H](O)[C@H]2OC1. The molecule has 1 N–H and O–H groups in total. The highest BCUT2D eigenvalue weighted by molar-refractivity contribution is 6.23. The van der Waals surface area contributed by atoms with Gasteiger partial charge in [-0.1, -0.05) is 0 Å². The van der Waals surface area contributed by atoms with Gasteiger partial charge in [0.1, 0.15) is 36.0 Å². The maximum atomic E-state index is 13.1. The van der Waals surface area contributed by atoms with Crippen LogP contribution in [-0.4, -0.2) is 63.0 Å². The maximum absolute atomic E-state index is 13.1. The summed E-state index contributed by atoms with van der Waals surface area (Å²) in [6.45, 7) is 1.85. The van der Waals surface area contributed by atoms with Crippen LogP contribution >= 0.6 is 0 Å². The van der Waals surface area contributed by atoms with Gasteiger partial charge in [0.15, 0.2) is 6.23 Å². The molecular formula is C16H17N3O5. The molecule has 5 rings (SSSR count). The van der Waals surface area contributed by atoms with Crippen molar-refractivity contribution in [3.05, 3.63) is 29.0 Å². The molecule has 0 amide bonds. The molecule has 24 heavy (non-hydrogen) atoms. The zero-order valence-corrected chi connectivity index (χ0v) is 13.0. The summed E-state index contributed by atoms with van der Waals surface area (Å²) in [7, 11) is 0. The lowest BCUT2D eigenvalue weighted by atomic mass is 10.0. The topological polar surface area (TPSA) is 93.9 Å². The van der Waals surface area contributed by atoms with E-state index in [0.29, 0.717) is 11.5 Å². The summed E-state index contributed by atoms with van der Waals surface area (Å²) in [4.78, 5) is 31.9. The van der Waals surface area contributed by atoms with Crippen molar-refractivity contribution in [1.82, 2.24) is 14.5 Å². The second kappa shape index (κ2) is 4.98. The minimum absolute atomic E-state index is 0.138. The van der Waals surface area contributed by atoms with Gasteiger partial charge in [-0.3, -0.25) is 14.2 Å². The number of aromatic nitrogens is 2. The fourth-order valence-electron chi connectivity index (χ4n) is 3.98. The number of rotatable bonds is 1. The largest absolute Gasteiger partial charge is 0.388 e. The Kier molecular flexibility index (Phi) is 2.97. The number of imidazole rings is 1. The zero-order valence-electron chi connectivity index (χ0n) is 13.0. The third-order valence-electron chi connectivity index (χ3n) is 5.14. The van der Waals surface area contributed by atoms with Crippen LogP contribution in [0.1, 0.15) is 45.9 Å². The van der Waals surface area contributed by atoms with Gasteiger partial charge in [0.05, 0.1) is 12.3 Å². The van der Waals surface area contributed by atoms with Gasteiger partial charge in [0.2, 0.25) is 11.6 Å². The van der Waals surface area contributed by atoms with Gasteiger partial charge >= 0.3 is 0 Å². The van der Waals surface area contributed by atoms with E-state index in [2.05, 4.69) is 4.98 Å². The van der Waals surface area contributed by atoms with E-state index in [-0.39, 0.29) is 36.2 Å². The fourth-order valence-corrected chi connectivity index (χ4v) is 3.98. The van der Waals surface area contributed by atoms with Crippen LogP contribution in [0.2, 0.25) is 0 Å². The predicted octanol–water partition coefficient (Wildman–Crippen LogP) is 0.0303. The molecule has 2 saturated heterocycles. The van der Waals surface area contributed by atoms with Gasteiger partial charge in [-0.15, -0.1) is 0 Å². The number of aliphatic hydroxyl groups is 1. The molecule has 4 aliphatic rings. The third-order valence-corrected chi connectivity index (χ3v) is 5.14. The quantitative estimate of drug-likeness (QED) is 0.776. The summed E-state index contributed by atoms with van der Waals surface area (Å²) in [5.41, 5.74) is 0.869. The molecule has 2 fully saturated rings. The van der Waals surface area contributed by atoms with Gasteiger partial charge < -0.3 is 19.5 Å². The van der Waals surface area contributed by atoms with Crippen molar-refractivity contribution in [3.8, 4) is 0 Å². The Bertz CT molecular complexity index is 777. The van der Waals surface area contributed by atoms with E-state index in [0.717, 1.165) is 25.9 Å². The first-order valence-electron chi connectivity index (χ1n) is 8.23. The summed E-state index contributed by atoms with van der Waals surface area (Å²) in [6.07, 6.45) is 1.53. The van der Waals surface area contributed by atoms with Crippen LogP contribution in [0.3, 0.4) is 0 Å². The van der Waals surface area contributed by atoms with Crippen LogP contribution < -0.4 is 0 Å². The van der Waals surface area contributed by atoms with Crippen LogP contribution in [0.4, 0.5) is 0 Å². The van der Waals surface area contributed by atoms with Crippen LogP contribution in [-0.2, 0) is 16.1 Å². The first-order valence-corrected chi connectivity index (χ1v) is 8.23. The Balaban J connectivity index is 1.62. The predicted molar refractivity (Wildman–Crippen MR) is 79.4 cm³/mol. The maximum Gasteiger partial charge on any atom is 0.228 e. The number of ether oxygens (including phenoxy) is 2. The average Bonchev–Trinajstić information content (AvgIpc) is 3.28. The molecule has 1 aliphatic carbocycles. The third kappa shape index (κ3) is 1.81. The van der Waals surface area contributed by atoms with Crippen molar-refractivity contribution in [2.45, 2.75) is 37.9 Å². The lowest BCUT2D eigenvalue weighted by Crippen LogP contribution is -2.38. The van der Waals surface area contributed by atoms with E-state index in [4.69, 9.17) is 9.47 Å². The Labute approximate surface area is 137 Å². The number of likely N-dealkylation sites (tertiary alicyclic amines) is 1. The highest BCUT2D eigenvalue weighted by Gasteiger charge is 2.47. The minimum atomic E-state index is -0.746. The first-order chi connectivity index (χ1) is 11.6. The molecule has 126 valence electrons. The summed E-state index contributed by atoms with van der Waals surface area (Å²) >= 11 is 0. The zero-order chi connectivity index (χ0) is 16.4. The van der Waals surface area contributed by atoms with E-state index in [9.17, 15) is 14.7 Å². The number of hydrogen-bond acceptors (Lipinski definition) is 7. The van der Waals surface area contributed by atoms with Gasteiger partial charge in [-0.05, 0) is 12.8 Å². The Morgan fingerprint density at radius 1 is 1.21 bits per heavy atom. The van der Waals surface area contributed by atoms with Gasteiger partial charge in [-0.25, -0.2) is 4.98 Å². The number of hydrogen-bond donors (Lipinski definition) is 1. The van der Waals surface area contributed by atoms with E-state index >= 15 is 0 Å². The van der Waals surface area contributed by atoms with Gasteiger partial charge in [0.25, 0.3) is 0 Å². The van der Waals surface area contributed by atoms with E-state index < -0.39 is 18.4 Å². The summed E-state index contributed by atoms with van der Waals surface area (Å²) in [5.74, 6) is 0.0347. The highest BCUT2D eigenvalue weighted by Crippen LogP contribution is 2.37. The lowest BCUT2D eigenvalue weighted by molar-refractivity contribution is -0.0992. The Hall–Kier alpha value is -2.03. The molecule has 3 atom stereocenters. The molecule has 8 nitrogen and oxygen atoms in total. The molecule has 0 unspecified atom stereocenters. The number of aliphatic hydroxyl groups excluding tert-OH is 1. The number of carbonyl (C=O) groups excluding carboxylic acids is 2. The van der Waals surface area contributed by atoms with Crippen molar-refractivity contribution in [1.29, 1.82) is 0 Å². The molecule has 4 heterocycles. The lowest BCUT2D eigenvalue weighted by Gasteiger charge is -2.30. The molecule has 0 saturated carbocycles. The summed E-state index contributed by atoms with van der Waals surface area (Å²) in [5, 5.41) is 9.98. The van der Waals surface area contributed by atoms with E-state index in [1.54, 1.807) is 4.57 Å². The summed E-state index contributed by atoms with van der Waals surface area (Å²) in [6, 6.07) is 0. The number of fused-ring (bicyclic) bond motifs is 5. The molecule has 1 aromatic rings. The summed E-state index contributed by atoms with van der Waals surface area (Å²) < 4.78 is 12.9.